The standard InChI is InChI=1S/C15H24N4O/c1-5-18(6-2)10-11(3)19-14-9-12(20-4)7-8-13(14)17-15(19)16/h7-9,11H,5-6,10H2,1-4H3,(H2,16,17). The molecule has 2 rings (SSSR count). The molecule has 1 aromatic carbocycles. The number of hydrogen-bond donors (Lipinski definition) is 1. The van der Waals surface area contributed by atoms with Crippen molar-refractivity contribution in [3.8, 4) is 5.75 Å². The Balaban J connectivity index is 2.39. The van der Waals surface area contributed by atoms with Gasteiger partial charge < -0.3 is 19.9 Å². The van der Waals surface area contributed by atoms with Gasteiger partial charge in [-0.1, -0.05) is 13.8 Å². The number of imidazole rings is 1. The van der Waals surface area contributed by atoms with Crippen LogP contribution in [0, 0.1) is 0 Å². The zero-order chi connectivity index (χ0) is 14.7. The first-order valence-corrected chi connectivity index (χ1v) is 7.14. The maximum atomic E-state index is 6.10. The summed E-state index contributed by atoms with van der Waals surface area (Å²) in [4.78, 5) is 6.82. The van der Waals surface area contributed by atoms with E-state index < -0.39 is 0 Å². The number of fused-ring (bicyclic) bond motifs is 1. The summed E-state index contributed by atoms with van der Waals surface area (Å²) in [6, 6.07) is 6.13. The molecule has 0 fully saturated rings. The van der Waals surface area contributed by atoms with Crippen molar-refractivity contribution in [3.63, 3.8) is 0 Å². The van der Waals surface area contributed by atoms with Crippen molar-refractivity contribution in [1.29, 1.82) is 0 Å². The van der Waals surface area contributed by atoms with Crippen LogP contribution in [-0.4, -0.2) is 41.2 Å². The maximum absolute atomic E-state index is 6.10. The number of methoxy groups -OCH3 is 1. The lowest BCUT2D eigenvalue weighted by Gasteiger charge is -2.24. The summed E-state index contributed by atoms with van der Waals surface area (Å²) in [5.41, 5.74) is 8.04. The van der Waals surface area contributed by atoms with Gasteiger partial charge in [0.2, 0.25) is 5.95 Å². The number of nitrogens with two attached hydrogens (primary N) is 1. The molecule has 0 spiro atoms. The van der Waals surface area contributed by atoms with E-state index in [1.807, 2.05) is 18.2 Å². The molecule has 1 unspecified atom stereocenters. The van der Waals surface area contributed by atoms with E-state index in [4.69, 9.17) is 10.5 Å². The monoisotopic (exact) mass is 276 g/mol. The molecule has 0 radical (unpaired) electrons. The summed E-state index contributed by atoms with van der Waals surface area (Å²) in [5.74, 6) is 1.39. The van der Waals surface area contributed by atoms with Crippen molar-refractivity contribution in [3.05, 3.63) is 18.2 Å². The van der Waals surface area contributed by atoms with Crippen LogP contribution in [0.2, 0.25) is 0 Å². The highest BCUT2D eigenvalue weighted by Crippen LogP contribution is 2.26. The predicted molar refractivity (Wildman–Crippen MR) is 83.2 cm³/mol. The molecule has 0 aliphatic heterocycles. The summed E-state index contributed by atoms with van der Waals surface area (Å²) in [6.07, 6.45) is 0. The molecule has 1 aromatic heterocycles. The molecule has 2 aromatic rings. The molecule has 1 atom stereocenters. The molecule has 0 aliphatic carbocycles. The van der Waals surface area contributed by atoms with E-state index in [9.17, 15) is 0 Å². The van der Waals surface area contributed by atoms with Gasteiger partial charge in [-0.15, -0.1) is 0 Å². The summed E-state index contributed by atoms with van der Waals surface area (Å²) < 4.78 is 7.39. The second-order valence-corrected chi connectivity index (χ2v) is 5.03. The van der Waals surface area contributed by atoms with Gasteiger partial charge >= 0.3 is 0 Å². The number of aromatic nitrogens is 2. The van der Waals surface area contributed by atoms with Crippen LogP contribution < -0.4 is 10.5 Å². The lowest BCUT2D eigenvalue weighted by molar-refractivity contribution is 0.264. The highest BCUT2D eigenvalue weighted by molar-refractivity contribution is 5.80. The Morgan fingerprint density at radius 2 is 2.05 bits per heavy atom. The fourth-order valence-electron chi connectivity index (χ4n) is 2.62. The second kappa shape index (κ2) is 6.13. The van der Waals surface area contributed by atoms with Crippen LogP contribution >= 0.6 is 0 Å². The smallest absolute Gasteiger partial charge is 0.201 e. The molecule has 5 nitrogen and oxygen atoms in total. The third kappa shape index (κ3) is 2.72. The van der Waals surface area contributed by atoms with Gasteiger partial charge in [0.1, 0.15) is 5.75 Å². The first-order chi connectivity index (χ1) is 9.60. The molecule has 0 saturated heterocycles. The Bertz CT molecular complexity index is 575. The summed E-state index contributed by atoms with van der Waals surface area (Å²) in [6.45, 7) is 9.56. The SMILES string of the molecule is CCN(CC)CC(C)n1c(N)nc2ccc(OC)cc21. The maximum Gasteiger partial charge on any atom is 0.201 e. The number of nitrogens with zero attached hydrogens (tertiary/aromatic N) is 3. The molecule has 20 heavy (non-hydrogen) atoms. The van der Waals surface area contributed by atoms with Crippen molar-refractivity contribution >= 4 is 17.0 Å². The molecule has 0 bridgehead atoms. The van der Waals surface area contributed by atoms with Crippen LogP contribution in [-0.2, 0) is 0 Å². The van der Waals surface area contributed by atoms with Crippen LogP contribution in [0.25, 0.3) is 11.0 Å². The van der Waals surface area contributed by atoms with E-state index >= 15 is 0 Å². The molecule has 1 heterocycles. The number of likely N-dealkylation sites (N-methyl/N-ethyl adjacent to an activating group) is 1. The van der Waals surface area contributed by atoms with E-state index in [0.717, 1.165) is 36.4 Å². The Morgan fingerprint density at radius 3 is 2.65 bits per heavy atom. The van der Waals surface area contributed by atoms with Gasteiger partial charge in [0.25, 0.3) is 0 Å². The number of rotatable bonds is 6. The van der Waals surface area contributed by atoms with Crippen LogP contribution in [0.3, 0.4) is 0 Å². The Labute approximate surface area is 120 Å². The van der Waals surface area contributed by atoms with Gasteiger partial charge in [0.05, 0.1) is 18.1 Å². The quantitative estimate of drug-likeness (QED) is 0.881. The van der Waals surface area contributed by atoms with Crippen molar-refractivity contribution in [1.82, 2.24) is 14.5 Å². The highest BCUT2D eigenvalue weighted by atomic mass is 16.5. The third-order valence-corrected chi connectivity index (χ3v) is 3.78. The minimum absolute atomic E-state index is 0.270. The number of anilines is 1. The minimum Gasteiger partial charge on any atom is -0.497 e. The fraction of sp³-hybridized carbons (Fsp3) is 0.533. The fourth-order valence-corrected chi connectivity index (χ4v) is 2.62. The first-order valence-electron chi connectivity index (χ1n) is 7.14. The zero-order valence-electron chi connectivity index (χ0n) is 12.8. The van der Waals surface area contributed by atoms with Crippen LogP contribution in [0.15, 0.2) is 18.2 Å². The van der Waals surface area contributed by atoms with Crippen LogP contribution in [0.1, 0.15) is 26.8 Å². The minimum atomic E-state index is 0.270. The van der Waals surface area contributed by atoms with Crippen molar-refractivity contribution in [2.24, 2.45) is 0 Å². The van der Waals surface area contributed by atoms with Gasteiger partial charge in [-0.05, 0) is 32.1 Å². The molecule has 5 heteroatoms. The molecule has 2 N–H and O–H groups in total. The zero-order valence-corrected chi connectivity index (χ0v) is 12.8. The average Bonchev–Trinajstić information content (AvgIpc) is 2.79. The number of benzene rings is 1. The molecular weight excluding hydrogens is 252 g/mol. The second-order valence-electron chi connectivity index (χ2n) is 5.03. The van der Waals surface area contributed by atoms with Gasteiger partial charge in [-0.25, -0.2) is 4.98 Å². The summed E-state index contributed by atoms with van der Waals surface area (Å²) in [7, 11) is 1.67. The predicted octanol–water partition coefficient (Wildman–Crippen LogP) is 2.53. The third-order valence-electron chi connectivity index (χ3n) is 3.78. The average molecular weight is 276 g/mol. The molecule has 0 aliphatic rings. The Morgan fingerprint density at radius 1 is 1.35 bits per heavy atom. The molecule has 110 valence electrons. The number of nitrogen functional groups attached to an aromatic ring is 1. The van der Waals surface area contributed by atoms with E-state index in [-0.39, 0.29) is 6.04 Å². The highest BCUT2D eigenvalue weighted by Gasteiger charge is 2.16. The lowest BCUT2D eigenvalue weighted by Crippen LogP contribution is -2.29. The Hall–Kier alpha value is -1.75. The van der Waals surface area contributed by atoms with Gasteiger partial charge in [0.15, 0.2) is 0 Å². The van der Waals surface area contributed by atoms with Gasteiger partial charge in [0, 0.05) is 18.7 Å². The number of hydrogen-bond acceptors (Lipinski definition) is 4. The largest absolute Gasteiger partial charge is 0.497 e. The summed E-state index contributed by atoms with van der Waals surface area (Å²) >= 11 is 0. The number of ether oxygens (including phenoxy) is 1. The normalized spacial score (nSPS) is 13.1. The molecule has 0 saturated carbocycles. The van der Waals surface area contributed by atoms with Gasteiger partial charge in [-0.3, -0.25) is 0 Å². The first kappa shape index (κ1) is 14.7. The van der Waals surface area contributed by atoms with E-state index in [0.29, 0.717) is 5.95 Å². The van der Waals surface area contributed by atoms with E-state index in [2.05, 4.69) is 35.2 Å². The lowest BCUT2D eigenvalue weighted by atomic mass is 10.2. The van der Waals surface area contributed by atoms with Crippen molar-refractivity contribution in [2.75, 3.05) is 32.5 Å². The van der Waals surface area contributed by atoms with Crippen molar-refractivity contribution < 1.29 is 4.74 Å². The van der Waals surface area contributed by atoms with Crippen LogP contribution in [0.5, 0.6) is 5.75 Å². The van der Waals surface area contributed by atoms with Gasteiger partial charge in [-0.2, -0.15) is 0 Å². The van der Waals surface area contributed by atoms with E-state index in [1.54, 1.807) is 7.11 Å². The Kier molecular flexibility index (Phi) is 4.49. The molecular formula is C15H24N4O. The van der Waals surface area contributed by atoms with Crippen molar-refractivity contribution in [2.45, 2.75) is 26.8 Å². The molecule has 0 amide bonds. The van der Waals surface area contributed by atoms with E-state index in [1.165, 1.54) is 0 Å². The topological polar surface area (TPSA) is 56.3 Å². The summed E-state index contributed by atoms with van der Waals surface area (Å²) in [5, 5.41) is 0. The van der Waals surface area contributed by atoms with Crippen LogP contribution in [0.4, 0.5) is 5.95 Å².